The molecule has 1 amide bonds. The maximum absolute atomic E-state index is 12.7. The zero-order valence-electron chi connectivity index (χ0n) is 16.0. The van der Waals surface area contributed by atoms with Crippen LogP contribution in [-0.2, 0) is 21.2 Å². The summed E-state index contributed by atoms with van der Waals surface area (Å²) in [5.41, 5.74) is 1.83. The van der Waals surface area contributed by atoms with Crippen molar-refractivity contribution < 1.29 is 17.9 Å². The highest BCUT2D eigenvalue weighted by atomic mass is 32.2. The van der Waals surface area contributed by atoms with Gasteiger partial charge in [-0.25, -0.2) is 8.42 Å². The van der Waals surface area contributed by atoms with Crippen LogP contribution >= 0.6 is 0 Å². The molecule has 0 aliphatic heterocycles. The van der Waals surface area contributed by atoms with Crippen LogP contribution in [0.3, 0.4) is 0 Å². The van der Waals surface area contributed by atoms with Crippen LogP contribution in [0.1, 0.15) is 12.0 Å². The number of aryl methyl sites for hydroxylation is 1. The third-order valence-corrected chi connectivity index (χ3v) is 5.63. The number of nitrogens with one attached hydrogen (secondary N) is 2. The second kappa shape index (κ2) is 9.25. The molecule has 0 heterocycles. The fourth-order valence-electron chi connectivity index (χ4n) is 2.80. The molecule has 0 bridgehead atoms. The number of hydrogen-bond acceptors (Lipinski definition) is 4. The zero-order valence-corrected chi connectivity index (χ0v) is 16.8. The van der Waals surface area contributed by atoms with Gasteiger partial charge in [0.2, 0.25) is 5.91 Å². The normalized spacial score (nSPS) is 10.9. The second-order valence-electron chi connectivity index (χ2n) is 6.37. The van der Waals surface area contributed by atoms with Gasteiger partial charge in [0.15, 0.2) is 0 Å². The summed E-state index contributed by atoms with van der Waals surface area (Å²) in [5, 5.41) is 2.76. The van der Waals surface area contributed by atoms with Crippen molar-refractivity contribution in [3.8, 4) is 5.75 Å². The topological polar surface area (TPSA) is 84.5 Å². The van der Waals surface area contributed by atoms with Crippen molar-refractivity contribution in [1.29, 1.82) is 0 Å². The first kappa shape index (κ1) is 20.4. The van der Waals surface area contributed by atoms with Crippen LogP contribution in [0.5, 0.6) is 5.75 Å². The van der Waals surface area contributed by atoms with E-state index in [1.807, 2.05) is 30.3 Å². The number of benzene rings is 3. The molecule has 0 spiro atoms. The van der Waals surface area contributed by atoms with Crippen molar-refractivity contribution >= 4 is 27.3 Å². The van der Waals surface area contributed by atoms with E-state index in [9.17, 15) is 13.2 Å². The van der Waals surface area contributed by atoms with Gasteiger partial charge in [0, 0.05) is 12.1 Å². The lowest BCUT2D eigenvalue weighted by molar-refractivity contribution is -0.116. The van der Waals surface area contributed by atoms with E-state index in [0.717, 1.165) is 5.56 Å². The number of ether oxygens (including phenoxy) is 1. The molecule has 0 radical (unpaired) electrons. The molecular weight excluding hydrogens is 388 g/mol. The van der Waals surface area contributed by atoms with Crippen LogP contribution in [0.15, 0.2) is 83.8 Å². The van der Waals surface area contributed by atoms with Gasteiger partial charge in [-0.15, -0.1) is 0 Å². The number of carbonyl (C=O) groups excluding carboxylic acids is 1. The molecule has 2 N–H and O–H groups in total. The largest absolute Gasteiger partial charge is 0.495 e. The van der Waals surface area contributed by atoms with Crippen LogP contribution in [0.4, 0.5) is 11.4 Å². The molecule has 150 valence electrons. The molecule has 7 heteroatoms. The molecule has 0 unspecified atom stereocenters. The minimum atomic E-state index is -3.84. The summed E-state index contributed by atoms with van der Waals surface area (Å²) in [6.45, 7) is 0. The molecule has 29 heavy (non-hydrogen) atoms. The SMILES string of the molecule is COc1ccccc1NS(=O)(=O)c1cccc(NC(=O)CCc2ccccc2)c1. The first-order valence-corrected chi connectivity index (χ1v) is 10.6. The van der Waals surface area contributed by atoms with Crippen molar-refractivity contribution in [3.05, 3.63) is 84.4 Å². The quantitative estimate of drug-likeness (QED) is 0.586. The van der Waals surface area contributed by atoms with Gasteiger partial charge in [-0.3, -0.25) is 9.52 Å². The maximum atomic E-state index is 12.7. The van der Waals surface area contributed by atoms with Gasteiger partial charge < -0.3 is 10.1 Å². The molecule has 0 saturated carbocycles. The number of hydrogen-bond donors (Lipinski definition) is 2. The van der Waals surface area contributed by atoms with E-state index in [0.29, 0.717) is 30.0 Å². The van der Waals surface area contributed by atoms with Gasteiger partial charge in [0.1, 0.15) is 5.75 Å². The molecule has 0 aliphatic rings. The summed E-state index contributed by atoms with van der Waals surface area (Å²) >= 11 is 0. The lowest BCUT2D eigenvalue weighted by atomic mass is 10.1. The fourth-order valence-corrected chi connectivity index (χ4v) is 3.92. The van der Waals surface area contributed by atoms with Gasteiger partial charge >= 0.3 is 0 Å². The van der Waals surface area contributed by atoms with E-state index < -0.39 is 10.0 Å². The maximum Gasteiger partial charge on any atom is 0.262 e. The molecule has 0 aliphatic carbocycles. The van der Waals surface area contributed by atoms with Crippen molar-refractivity contribution in [1.82, 2.24) is 0 Å². The Kier molecular flexibility index (Phi) is 6.51. The Morgan fingerprint density at radius 2 is 1.66 bits per heavy atom. The number of methoxy groups -OCH3 is 1. The number of anilines is 2. The van der Waals surface area contributed by atoms with Crippen LogP contribution in [0.2, 0.25) is 0 Å². The molecule has 3 aromatic rings. The summed E-state index contributed by atoms with van der Waals surface area (Å²) in [5.74, 6) is 0.238. The summed E-state index contributed by atoms with van der Waals surface area (Å²) in [4.78, 5) is 12.3. The van der Waals surface area contributed by atoms with Crippen LogP contribution in [0.25, 0.3) is 0 Å². The standard InChI is InChI=1S/C22H22N2O4S/c1-28-21-13-6-5-12-20(21)24-29(26,27)19-11-7-10-18(16-19)23-22(25)15-14-17-8-3-2-4-9-17/h2-13,16,24H,14-15H2,1H3,(H,23,25). The molecular formula is C22H22N2O4S. The second-order valence-corrected chi connectivity index (χ2v) is 8.05. The van der Waals surface area contributed by atoms with Crippen LogP contribution in [-0.4, -0.2) is 21.4 Å². The average molecular weight is 410 g/mol. The third kappa shape index (κ3) is 5.58. The lowest BCUT2D eigenvalue weighted by Gasteiger charge is -2.12. The van der Waals surface area contributed by atoms with Gasteiger partial charge in [-0.2, -0.15) is 0 Å². The van der Waals surface area contributed by atoms with Gasteiger partial charge in [-0.1, -0.05) is 48.5 Å². The van der Waals surface area contributed by atoms with Gasteiger partial charge in [0.05, 0.1) is 17.7 Å². The molecule has 0 saturated heterocycles. The van der Waals surface area contributed by atoms with E-state index in [1.54, 1.807) is 36.4 Å². The summed E-state index contributed by atoms with van der Waals surface area (Å²) in [7, 11) is -2.37. The summed E-state index contributed by atoms with van der Waals surface area (Å²) in [6, 6.07) is 22.6. The highest BCUT2D eigenvalue weighted by Gasteiger charge is 2.17. The van der Waals surface area contributed by atoms with Gasteiger partial charge in [-0.05, 0) is 42.3 Å². The Labute approximate surface area is 170 Å². The minimum Gasteiger partial charge on any atom is -0.495 e. The molecule has 3 aromatic carbocycles. The lowest BCUT2D eigenvalue weighted by Crippen LogP contribution is -2.15. The number of rotatable bonds is 8. The van der Waals surface area contributed by atoms with E-state index in [2.05, 4.69) is 10.0 Å². The van der Waals surface area contributed by atoms with Crippen molar-refractivity contribution in [3.63, 3.8) is 0 Å². The number of para-hydroxylation sites is 2. The molecule has 6 nitrogen and oxygen atoms in total. The first-order valence-electron chi connectivity index (χ1n) is 9.07. The number of carbonyl (C=O) groups is 1. The van der Waals surface area contributed by atoms with Crippen LogP contribution < -0.4 is 14.8 Å². The highest BCUT2D eigenvalue weighted by Crippen LogP contribution is 2.26. The zero-order chi connectivity index (χ0) is 20.7. The molecule has 0 aromatic heterocycles. The Bertz CT molecular complexity index is 1080. The first-order chi connectivity index (χ1) is 14.0. The number of amides is 1. The highest BCUT2D eigenvalue weighted by molar-refractivity contribution is 7.92. The van der Waals surface area contributed by atoms with E-state index in [4.69, 9.17) is 4.74 Å². The molecule has 0 fully saturated rings. The summed E-state index contributed by atoms with van der Waals surface area (Å²) < 4.78 is 33.2. The predicted octanol–water partition coefficient (Wildman–Crippen LogP) is 4.07. The van der Waals surface area contributed by atoms with Crippen molar-refractivity contribution in [2.24, 2.45) is 0 Å². The Hall–Kier alpha value is -3.32. The van der Waals surface area contributed by atoms with E-state index in [1.165, 1.54) is 19.2 Å². The third-order valence-electron chi connectivity index (χ3n) is 4.26. The Balaban J connectivity index is 1.68. The van der Waals surface area contributed by atoms with E-state index >= 15 is 0 Å². The average Bonchev–Trinajstić information content (AvgIpc) is 2.73. The van der Waals surface area contributed by atoms with Crippen LogP contribution in [0, 0.1) is 0 Å². The monoisotopic (exact) mass is 410 g/mol. The smallest absolute Gasteiger partial charge is 0.262 e. The predicted molar refractivity (Wildman–Crippen MR) is 114 cm³/mol. The fraction of sp³-hybridized carbons (Fsp3) is 0.136. The Morgan fingerprint density at radius 3 is 2.41 bits per heavy atom. The molecule has 0 atom stereocenters. The van der Waals surface area contributed by atoms with Crippen molar-refractivity contribution in [2.45, 2.75) is 17.7 Å². The Morgan fingerprint density at radius 1 is 0.931 bits per heavy atom. The summed E-state index contributed by atoms with van der Waals surface area (Å²) in [6.07, 6.45) is 0.917. The van der Waals surface area contributed by atoms with Crippen molar-refractivity contribution in [2.75, 3.05) is 17.1 Å². The minimum absolute atomic E-state index is 0.0456. The number of sulfonamides is 1. The van der Waals surface area contributed by atoms with Gasteiger partial charge in [0.25, 0.3) is 10.0 Å². The molecule has 3 rings (SSSR count). The van der Waals surface area contributed by atoms with E-state index in [-0.39, 0.29) is 10.8 Å².